The molecule has 29 heavy (non-hydrogen) atoms. The van der Waals surface area contributed by atoms with Crippen molar-refractivity contribution in [2.24, 2.45) is 11.8 Å². The molecule has 4 rings (SSSR count). The summed E-state index contributed by atoms with van der Waals surface area (Å²) in [5.74, 6) is 1.09. The predicted molar refractivity (Wildman–Crippen MR) is 114 cm³/mol. The van der Waals surface area contributed by atoms with Gasteiger partial charge in [-0.15, -0.1) is 0 Å². The van der Waals surface area contributed by atoms with E-state index in [2.05, 4.69) is 29.0 Å². The van der Waals surface area contributed by atoms with Crippen molar-refractivity contribution in [3.63, 3.8) is 0 Å². The number of anilines is 2. The second-order valence-electron chi connectivity index (χ2n) is 8.21. The average molecular weight is 393 g/mol. The van der Waals surface area contributed by atoms with Gasteiger partial charge in [0.15, 0.2) is 0 Å². The van der Waals surface area contributed by atoms with Gasteiger partial charge in [0.1, 0.15) is 5.82 Å². The van der Waals surface area contributed by atoms with Gasteiger partial charge in [0.05, 0.1) is 11.8 Å². The molecular weight excluding hydrogens is 364 g/mol. The minimum atomic E-state index is -0.207. The summed E-state index contributed by atoms with van der Waals surface area (Å²) < 4.78 is 0. The summed E-state index contributed by atoms with van der Waals surface area (Å²) in [6, 6.07) is 13.8. The van der Waals surface area contributed by atoms with Crippen LogP contribution in [-0.4, -0.2) is 47.9 Å². The fourth-order valence-electron chi connectivity index (χ4n) is 3.88. The van der Waals surface area contributed by atoms with Crippen LogP contribution in [0.3, 0.4) is 0 Å². The first-order chi connectivity index (χ1) is 14.0. The first-order valence-corrected chi connectivity index (χ1v) is 10.4. The second-order valence-corrected chi connectivity index (χ2v) is 8.21. The highest BCUT2D eigenvalue weighted by molar-refractivity contribution is 5.99. The lowest BCUT2D eigenvalue weighted by molar-refractivity contribution is -0.134. The van der Waals surface area contributed by atoms with Gasteiger partial charge in [-0.1, -0.05) is 32.0 Å². The van der Waals surface area contributed by atoms with Gasteiger partial charge in [-0.25, -0.2) is 4.98 Å². The number of piperazine rings is 1. The SMILES string of the molecule is CC(C)c1ccc(NC(=O)C2CC2C(=O)N2CCN(c3ccccn3)CC2)cc1. The Hall–Kier alpha value is -2.89. The maximum Gasteiger partial charge on any atom is 0.228 e. The standard InChI is InChI=1S/C23H28N4O2/c1-16(2)17-6-8-18(9-7-17)25-22(28)19-15-20(19)23(29)27-13-11-26(12-14-27)21-5-3-4-10-24-21/h3-10,16,19-20H,11-15H2,1-2H3,(H,25,28). The van der Waals surface area contributed by atoms with Crippen molar-refractivity contribution in [3.8, 4) is 0 Å². The maximum atomic E-state index is 12.8. The molecule has 0 bridgehead atoms. The zero-order chi connectivity index (χ0) is 20.4. The highest BCUT2D eigenvalue weighted by Gasteiger charge is 2.49. The summed E-state index contributed by atoms with van der Waals surface area (Å²) in [4.78, 5) is 33.8. The van der Waals surface area contributed by atoms with E-state index in [1.165, 1.54) is 5.56 Å². The van der Waals surface area contributed by atoms with Crippen molar-refractivity contribution >= 4 is 23.3 Å². The van der Waals surface area contributed by atoms with E-state index in [1.807, 2.05) is 47.4 Å². The Bertz CT molecular complexity index is 858. The van der Waals surface area contributed by atoms with Gasteiger partial charge in [-0.2, -0.15) is 0 Å². The number of hydrogen-bond acceptors (Lipinski definition) is 4. The largest absolute Gasteiger partial charge is 0.353 e. The zero-order valence-electron chi connectivity index (χ0n) is 17.0. The predicted octanol–water partition coefficient (Wildman–Crippen LogP) is 3.13. The highest BCUT2D eigenvalue weighted by Crippen LogP contribution is 2.41. The van der Waals surface area contributed by atoms with Crippen LogP contribution in [0.15, 0.2) is 48.7 Å². The third-order valence-corrected chi connectivity index (χ3v) is 5.85. The summed E-state index contributed by atoms with van der Waals surface area (Å²) in [7, 11) is 0. The van der Waals surface area contributed by atoms with E-state index >= 15 is 0 Å². The molecule has 1 aliphatic heterocycles. The van der Waals surface area contributed by atoms with Gasteiger partial charge >= 0.3 is 0 Å². The van der Waals surface area contributed by atoms with E-state index in [0.717, 1.165) is 24.6 Å². The number of rotatable bonds is 5. The molecule has 2 amide bonds. The minimum absolute atomic E-state index is 0.0484. The Morgan fingerprint density at radius 1 is 1.00 bits per heavy atom. The lowest BCUT2D eigenvalue weighted by atomic mass is 10.0. The van der Waals surface area contributed by atoms with Crippen LogP contribution in [0.25, 0.3) is 0 Å². The lowest BCUT2D eigenvalue weighted by Gasteiger charge is -2.35. The van der Waals surface area contributed by atoms with Crippen LogP contribution in [0.4, 0.5) is 11.5 Å². The van der Waals surface area contributed by atoms with Crippen LogP contribution in [0, 0.1) is 11.8 Å². The molecule has 6 heteroatoms. The number of pyridine rings is 1. The second kappa shape index (κ2) is 8.23. The zero-order valence-corrected chi connectivity index (χ0v) is 17.0. The quantitative estimate of drug-likeness (QED) is 0.849. The van der Waals surface area contributed by atoms with Crippen LogP contribution in [-0.2, 0) is 9.59 Å². The molecule has 1 aromatic carbocycles. The molecule has 2 heterocycles. The van der Waals surface area contributed by atoms with Gasteiger partial charge in [-0.3, -0.25) is 9.59 Å². The van der Waals surface area contributed by atoms with Gasteiger partial charge in [0.2, 0.25) is 11.8 Å². The summed E-state index contributed by atoms with van der Waals surface area (Å²) >= 11 is 0. The van der Waals surface area contributed by atoms with Crippen molar-refractivity contribution in [1.82, 2.24) is 9.88 Å². The summed E-state index contributed by atoms with van der Waals surface area (Å²) in [5.41, 5.74) is 2.04. The Labute approximate surface area is 171 Å². The van der Waals surface area contributed by atoms with Crippen LogP contribution in [0.2, 0.25) is 0 Å². The fourth-order valence-corrected chi connectivity index (χ4v) is 3.88. The van der Waals surface area contributed by atoms with Crippen molar-refractivity contribution in [1.29, 1.82) is 0 Å². The number of nitrogens with one attached hydrogen (secondary N) is 1. The molecule has 0 spiro atoms. The minimum Gasteiger partial charge on any atom is -0.353 e. The number of benzene rings is 1. The van der Waals surface area contributed by atoms with Crippen molar-refractivity contribution in [2.75, 3.05) is 36.4 Å². The number of nitrogens with zero attached hydrogens (tertiary/aromatic N) is 3. The summed E-state index contributed by atoms with van der Waals surface area (Å²) in [5, 5.41) is 2.96. The van der Waals surface area contributed by atoms with Crippen molar-refractivity contribution in [2.45, 2.75) is 26.2 Å². The molecule has 2 fully saturated rings. The van der Waals surface area contributed by atoms with Crippen LogP contribution >= 0.6 is 0 Å². The number of hydrogen-bond donors (Lipinski definition) is 1. The molecule has 1 saturated carbocycles. The molecule has 2 aliphatic rings. The van der Waals surface area contributed by atoms with E-state index in [1.54, 1.807) is 6.20 Å². The normalized spacial score (nSPS) is 21.2. The number of amides is 2. The van der Waals surface area contributed by atoms with E-state index in [-0.39, 0.29) is 23.7 Å². The first-order valence-electron chi connectivity index (χ1n) is 10.4. The van der Waals surface area contributed by atoms with E-state index in [9.17, 15) is 9.59 Å². The molecule has 2 aromatic rings. The number of carbonyl (C=O) groups excluding carboxylic acids is 2. The summed E-state index contributed by atoms with van der Waals surface area (Å²) in [6.45, 7) is 7.19. The van der Waals surface area contributed by atoms with Gasteiger partial charge in [0, 0.05) is 38.1 Å². The average Bonchev–Trinajstić information content (AvgIpc) is 3.55. The van der Waals surface area contributed by atoms with Crippen molar-refractivity contribution < 1.29 is 9.59 Å². The molecule has 1 saturated heterocycles. The van der Waals surface area contributed by atoms with Crippen LogP contribution < -0.4 is 10.2 Å². The van der Waals surface area contributed by atoms with Gasteiger partial charge < -0.3 is 15.1 Å². The lowest BCUT2D eigenvalue weighted by Crippen LogP contribution is -2.49. The Morgan fingerprint density at radius 2 is 1.72 bits per heavy atom. The smallest absolute Gasteiger partial charge is 0.228 e. The molecular formula is C23H28N4O2. The third-order valence-electron chi connectivity index (χ3n) is 5.85. The number of carbonyl (C=O) groups is 2. The molecule has 152 valence electrons. The molecule has 2 unspecified atom stereocenters. The van der Waals surface area contributed by atoms with Crippen LogP contribution in [0.5, 0.6) is 0 Å². The Balaban J connectivity index is 1.26. The Kier molecular flexibility index (Phi) is 5.51. The maximum absolute atomic E-state index is 12.8. The number of aromatic nitrogens is 1. The molecule has 0 radical (unpaired) electrons. The van der Waals surface area contributed by atoms with Gasteiger partial charge in [0.25, 0.3) is 0 Å². The van der Waals surface area contributed by atoms with Gasteiger partial charge in [-0.05, 0) is 42.2 Å². The first kappa shape index (κ1) is 19.4. The van der Waals surface area contributed by atoms with E-state index in [4.69, 9.17) is 0 Å². The Morgan fingerprint density at radius 3 is 2.34 bits per heavy atom. The topological polar surface area (TPSA) is 65.5 Å². The van der Waals surface area contributed by atoms with Crippen molar-refractivity contribution in [3.05, 3.63) is 54.2 Å². The third kappa shape index (κ3) is 4.42. The fraction of sp³-hybridized carbons (Fsp3) is 0.435. The van der Waals surface area contributed by atoms with E-state index < -0.39 is 0 Å². The summed E-state index contributed by atoms with van der Waals surface area (Å²) in [6.07, 6.45) is 2.44. The molecule has 1 aliphatic carbocycles. The van der Waals surface area contributed by atoms with E-state index in [0.29, 0.717) is 25.4 Å². The molecule has 2 atom stereocenters. The van der Waals surface area contributed by atoms with Crippen LogP contribution in [0.1, 0.15) is 31.7 Å². The highest BCUT2D eigenvalue weighted by atomic mass is 16.2. The molecule has 6 nitrogen and oxygen atoms in total. The molecule has 1 aromatic heterocycles. The molecule has 1 N–H and O–H groups in total. The monoisotopic (exact) mass is 392 g/mol.